The monoisotopic (exact) mass is 150 g/mol. The van der Waals surface area contributed by atoms with E-state index in [9.17, 15) is 0 Å². The van der Waals surface area contributed by atoms with Crippen molar-refractivity contribution in [1.29, 1.82) is 0 Å². The summed E-state index contributed by atoms with van der Waals surface area (Å²) in [4.78, 5) is 0. The topological polar surface area (TPSA) is 0 Å². The summed E-state index contributed by atoms with van der Waals surface area (Å²) < 4.78 is 0. The standard InChI is InChI=1S/Al.K.Mn.Na.5H/q;+1;;+1;;;;2*-1/p+1. The van der Waals surface area contributed by atoms with Gasteiger partial charge in [-0.15, -0.1) is 0 Å². The van der Waals surface area contributed by atoms with E-state index in [1.807, 2.05) is 0 Å². The molecule has 0 nitrogen and oxygen atoms in total. The van der Waals surface area contributed by atoms with Gasteiger partial charge >= 0.3 is 82.4 Å². The summed E-state index contributed by atoms with van der Waals surface area (Å²) in [6.45, 7) is 0. The minimum Gasteiger partial charge on any atom is -1.00 e. The van der Waals surface area contributed by atoms with Crippen LogP contribution in [0.1, 0.15) is 4.28 Å². The van der Waals surface area contributed by atoms with E-state index in [1.165, 1.54) is 0 Å². The normalized spacial score (nSPS) is 0. The van der Waals surface area contributed by atoms with Crippen LogP contribution >= 0.6 is 0 Å². The molecular weight excluding hydrogens is 144 g/mol. The Morgan fingerprint density at radius 3 is 1.50 bits per heavy atom. The van der Waals surface area contributed by atoms with E-state index in [-0.39, 0.29) is 120 Å². The van der Waals surface area contributed by atoms with Gasteiger partial charge in [0.05, 0.1) is 0 Å². The first kappa shape index (κ1) is 25.3. The van der Waals surface area contributed by atoms with Gasteiger partial charge < -0.3 is 2.85 Å². The molecule has 0 aliphatic heterocycles. The van der Waals surface area contributed by atoms with E-state index in [0.717, 1.165) is 0 Å². The van der Waals surface area contributed by atoms with Crippen molar-refractivity contribution in [1.82, 2.24) is 0 Å². The molecule has 0 heterocycles. The zero-order chi connectivity index (χ0) is 0. The van der Waals surface area contributed by atoms with Crippen molar-refractivity contribution in [3.8, 4) is 0 Å². The van der Waals surface area contributed by atoms with Crippen molar-refractivity contribution in [3.05, 3.63) is 0 Å². The molecule has 0 saturated heterocycles. The minimum absolute atomic E-state index is 0. The van der Waals surface area contributed by atoms with Crippen LogP contribution in [-0.2, 0) is 17.1 Å². The Morgan fingerprint density at radius 2 is 1.50 bits per heavy atom. The molecule has 0 fully saturated rings. The summed E-state index contributed by atoms with van der Waals surface area (Å²) in [5, 5.41) is 0. The second-order valence-electron chi connectivity index (χ2n) is 0. The first-order chi connectivity index (χ1) is 0. The molecule has 0 atom stereocenters. The van der Waals surface area contributed by atoms with Crippen molar-refractivity contribution >= 4 is 17.4 Å². The summed E-state index contributed by atoms with van der Waals surface area (Å²) >= 11 is 0. The largest absolute Gasteiger partial charge is 1.00 e. The molecule has 0 saturated carbocycles. The Hall–Kier alpha value is 3.69. The van der Waals surface area contributed by atoms with Gasteiger partial charge in [-0.25, -0.2) is 0 Å². The Kier molecular flexibility index (Phi) is 101. The SMILES string of the molecule is [AlH3].[H+].[H-].[H-].[K+].[Mn].[Na+]. The van der Waals surface area contributed by atoms with Crippen molar-refractivity contribution < 1.29 is 102 Å². The van der Waals surface area contributed by atoms with Crippen LogP contribution in [0.15, 0.2) is 0 Å². The third-order valence-electron chi connectivity index (χ3n) is 0. The van der Waals surface area contributed by atoms with Gasteiger partial charge in [0.1, 0.15) is 0 Å². The van der Waals surface area contributed by atoms with Crippen LogP contribution < -0.4 is 80.9 Å². The molecule has 17 valence electrons. The molecule has 0 amide bonds. The third kappa shape index (κ3) is 9.19. The van der Waals surface area contributed by atoms with E-state index in [4.69, 9.17) is 0 Å². The van der Waals surface area contributed by atoms with Gasteiger partial charge in [0, 0.05) is 17.1 Å². The fourth-order valence-corrected chi connectivity index (χ4v) is 0. The molecule has 0 aromatic rings. The first-order valence-corrected chi connectivity index (χ1v) is 0. The van der Waals surface area contributed by atoms with Crippen LogP contribution in [0.4, 0.5) is 0 Å². The summed E-state index contributed by atoms with van der Waals surface area (Å²) in [5.74, 6) is 0. The average Bonchev–Trinajstić information content (AvgIpc) is 0. The van der Waals surface area contributed by atoms with E-state index in [2.05, 4.69) is 0 Å². The van der Waals surface area contributed by atoms with Gasteiger partial charge in [-0.2, -0.15) is 0 Å². The average molecular weight is 150 g/mol. The van der Waals surface area contributed by atoms with Crippen LogP contribution in [-0.4, -0.2) is 17.4 Å². The first-order valence-electron chi connectivity index (χ1n) is 0. The minimum atomic E-state index is 0. The predicted molar refractivity (Wildman–Crippen MR) is 13.3 cm³/mol. The molecule has 4 heteroatoms. The molecule has 4 heavy (non-hydrogen) atoms. The van der Waals surface area contributed by atoms with E-state index < -0.39 is 0 Å². The molecule has 0 rings (SSSR count). The third-order valence-corrected chi connectivity index (χ3v) is 0. The van der Waals surface area contributed by atoms with Crippen LogP contribution in [0.3, 0.4) is 0 Å². The number of hydrogen-bond donors (Lipinski definition) is 0. The maximum absolute atomic E-state index is 0. The van der Waals surface area contributed by atoms with Gasteiger partial charge in [0.15, 0.2) is 17.4 Å². The smallest absolute Gasteiger partial charge is 1.00 e. The second kappa shape index (κ2) is 15.9. The summed E-state index contributed by atoms with van der Waals surface area (Å²) in [7, 11) is 0. The predicted octanol–water partition coefficient (Wildman–Crippen LogP) is -6.84. The van der Waals surface area contributed by atoms with Gasteiger partial charge in [-0.05, 0) is 0 Å². The summed E-state index contributed by atoms with van der Waals surface area (Å²) in [6, 6.07) is 0. The molecule has 1 radical (unpaired) electrons. The number of rotatable bonds is 0. The Labute approximate surface area is 117 Å². The summed E-state index contributed by atoms with van der Waals surface area (Å²) in [6.07, 6.45) is 0. The van der Waals surface area contributed by atoms with Crippen LogP contribution in [0, 0.1) is 0 Å². The van der Waals surface area contributed by atoms with Crippen LogP contribution in [0.25, 0.3) is 0 Å². The molecule has 0 aromatic heterocycles. The quantitative estimate of drug-likeness (QED) is 0.301. The molecule has 0 aliphatic carbocycles. The van der Waals surface area contributed by atoms with Gasteiger partial charge in [-0.3, -0.25) is 0 Å². The maximum Gasteiger partial charge on any atom is 1.00 e. The van der Waals surface area contributed by atoms with Crippen molar-refractivity contribution in [2.24, 2.45) is 0 Å². The second-order valence-corrected chi connectivity index (χ2v) is 0. The molecular formula is H6AlKMnNa+. The molecule has 0 bridgehead atoms. The molecule has 0 aromatic carbocycles. The summed E-state index contributed by atoms with van der Waals surface area (Å²) in [5.41, 5.74) is 0. The Balaban J connectivity index is 0. The fraction of sp³-hybridized carbons (Fsp3) is 0. The van der Waals surface area contributed by atoms with E-state index in [0.29, 0.717) is 0 Å². The van der Waals surface area contributed by atoms with E-state index in [1.54, 1.807) is 0 Å². The molecule has 0 aliphatic rings. The zero-order valence-electron chi connectivity index (χ0n) is 5.38. The maximum atomic E-state index is 0. The molecule has 0 unspecified atom stereocenters. The molecule has 0 spiro atoms. The van der Waals surface area contributed by atoms with Crippen molar-refractivity contribution in [2.75, 3.05) is 0 Å². The van der Waals surface area contributed by atoms with Crippen LogP contribution in [0.5, 0.6) is 0 Å². The Bertz CT molecular complexity index is 14.9. The van der Waals surface area contributed by atoms with Gasteiger partial charge in [0.25, 0.3) is 0 Å². The van der Waals surface area contributed by atoms with Crippen molar-refractivity contribution in [3.63, 3.8) is 0 Å². The van der Waals surface area contributed by atoms with Crippen molar-refractivity contribution in [2.45, 2.75) is 0 Å². The Morgan fingerprint density at radius 1 is 1.50 bits per heavy atom. The van der Waals surface area contributed by atoms with Crippen LogP contribution in [0.2, 0.25) is 0 Å². The fourth-order valence-electron chi connectivity index (χ4n) is 0. The van der Waals surface area contributed by atoms with Gasteiger partial charge in [0.2, 0.25) is 0 Å². The van der Waals surface area contributed by atoms with E-state index >= 15 is 0 Å². The van der Waals surface area contributed by atoms with Gasteiger partial charge in [-0.1, -0.05) is 0 Å². The zero-order valence-corrected chi connectivity index (χ0v) is 8.68. The molecule has 0 N–H and O–H groups in total. The number of hydrogen-bond acceptors (Lipinski definition) is 0.